The molecule has 0 aromatic heterocycles. The maximum Gasteiger partial charge on any atom is 1.00 e. The molecule has 55 heteroatoms. The van der Waals surface area contributed by atoms with E-state index >= 15 is 0 Å². The second-order valence-electron chi connectivity index (χ2n) is 26.4. The SMILES string of the molecule is BrB(Br)Br.C=CC(=O)OCC.CCOC(=O)/C=C/c1ccc(OC)c(Cl)c1.CCOC(=O)CCc1ccc(O)c(Cl)c1.CCOC(=O)CCc1ccc(OC)c(Cl)c1.CCOC(C)=O.COc1ccc(Br)cc1Cl.Nc1cc(F)cc(F)c1.O=C(O)CCc1cc(Cl)c(O)c(S(=O)(=O)Cl)c1.O=C(O)CCc1cc(Cl)c(O)c(S(=O)(=O)Nc2cc(F)cc(F)c2)c1.O=C(O)CCc1ccc(O)c(Cl)c1.O=S(=O)(O)Cl.[2H]CC.[Na+].[OH-]. The van der Waals surface area contributed by atoms with Crippen LogP contribution in [0.15, 0.2) is 185 Å². The molecule has 810 valence electrons. The van der Waals surface area contributed by atoms with Crippen LogP contribution >= 0.6 is 166 Å². The van der Waals surface area contributed by atoms with E-state index in [0.29, 0.717) is 121 Å². The summed E-state index contributed by atoms with van der Waals surface area (Å²) in [6.45, 7) is 17.8. The fourth-order valence-corrected chi connectivity index (χ4v) is 14.0. The Morgan fingerprint density at radius 2 is 0.776 bits per heavy atom. The quantitative estimate of drug-likeness (QED) is 0.00292. The van der Waals surface area contributed by atoms with Gasteiger partial charge in [-0.2, -0.15) is 8.42 Å². The van der Waals surface area contributed by atoms with Crippen molar-refractivity contribution in [3.8, 4) is 40.2 Å². The molecule has 0 fully saturated rings. The third kappa shape index (κ3) is 75.8. The number of carboxylic acid groups (broad SMARTS) is 3. The van der Waals surface area contributed by atoms with Gasteiger partial charge in [-0.3, -0.25) is 38.0 Å². The minimum atomic E-state index is -4.43. The van der Waals surface area contributed by atoms with Crippen LogP contribution in [0.3, 0.4) is 0 Å². The van der Waals surface area contributed by atoms with E-state index in [2.05, 4.69) is 89.9 Å². The number of hydrogen-bond acceptors (Lipinski definition) is 28. The van der Waals surface area contributed by atoms with Gasteiger partial charge in [0.15, 0.2) is 11.5 Å². The number of phenols is 4. The fraction of sp³-hybridized carbons (Fsp3) is 0.283. The Morgan fingerprint density at radius 3 is 1.09 bits per heavy atom. The van der Waals surface area contributed by atoms with Crippen molar-refractivity contribution < 1.29 is 196 Å². The Kier molecular flexibility index (Phi) is 83.1. The van der Waals surface area contributed by atoms with Crippen LogP contribution in [0.1, 0.15) is 122 Å². The van der Waals surface area contributed by atoms with Crippen LogP contribution in [0.2, 0.25) is 35.2 Å². The van der Waals surface area contributed by atoms with E-state index in [9.17, 15) is 88.1 Å². The van der Waals surface area contributed by atoms with Crippen LogP contribution in [0.25, 0.3) is 6.08 Å². The average Bonchev–Trinajstić information content (AvgIpc) is 0.790. The first-order valence-corrected chi connectivity index (χ1v) is 53.2. The summed E-state index contributed by atoms with van der Waals surface area (Å²) in [5, 5.41) is 65.0. The number of aromatic hydroxyl groups is 4. The zero-order valence-electron chi connectivity index (χ0n) is 81.0. The van der Waals surface area contributed by atoms with Crippen molar-refractivity contribution in [3.63, 3.8) is 0 Å². The molecule has 0 saturated carbocycles. The van der Waals surface area contributed by atoms with Crippen LogP contribution in [-0.2, 0) is 123 Å². The predicted molar refractivity (Wildman–Crippen MR) is 571 cm³/mol. The van der Waals surface area contributed by atoms with Crippen molar-refractivity contribution in [2.45, 2.75) is 129 Å². The monoisotopic (exact) mass is 2570 g/mol. The zero-order chi connectivity index (χ0) is 113. The molecule has 0 amide bonds. The number of ether oxygens (including phenoxy) is 8. The van der Waals surface area contributed by atoms with Crippen LogP contribution in [0, 0.1) is 23.3 Å². The molecule has 0 unspecified atom stereocenters. The Labute approximate surface area is 950 Å². The Morgan fingerprint density at radius 1 is 0.463 bits per heavy atom. The molecule has 0 aliphatic heterocycles. The Bertz CT molecular complexity index is 5970. The van der Waals surface area contributed by atoms with E-state index in [4.69, 9.17) is 161 Å². The maximum absolute atomic E-state index is 13.2. The number of carbonyl (C=O) groups excluding carboxylic acids is 5. The molecule has 33 nitrogen and oxygen atoms in total. The van der Waals surface area contributed by atoms with Crippen LogP contribution in [0.5, 0.6) is 40.2 Å². The molecular weight excluding hydrogens is 2470 g/mol. The van der Waals surface area contributed by atoms with Crippen LogP contribution in [0.4, 0.5) is 28.9 Å². The smallest absolute Gasteiger partial charge is 0.870 e. The number of benzene rings is 9. The minimum Gasteiger partial charge on any atom is -0.870 e. The van der Waals surface area contributed by atoms with Gasteiger partial charge in [-0.15, -0.1) is 47.3 Å². The number of nitrogens with two attached hydrogens (primary N) is 1. The summed E-state index contributed by atoms with van der Waals surface area (Å²) in [5.41, 5.74) is 8.96. The van der Waals surface area contributed by atoms with Gasteiger partial charge in [-0.05, 0) is 221 Å². The number of sulfonamides is 1. The largest absolute Gasteiger partial charge is 1.00 e. The number of halogens is 17. The maximum atomic E-state index is 13.2. The number of hydrogen-bond donors (Lipinski definition) is 10. The molecule has 147 heavy (non-hydrogen) atoms. The summed E-state index contributed by atoms with van der Waals surface area (Å²) in [7, 11) is 1.13. The zero-order valence-corrected chi connectivity index (χ0v) is 97.6. The molecule has 0 aliphatic carbocycles. The number of carboxylic acids is 3. The third-order valence-corrected chi connectivity index (χ3v) is 20.8. The van der Waals surface area contributed by atoms with Gasteiger partial charge in [0.05, 0.1) is 95.2 Å². The molecule has 12 N–H and O–H groups in total. The van der Waals surface area contributed by atoms with Gasteiger partial charge in [0.1, 0.15) is 61.8 Å². The Hall–Kier alpha value is -8.50. The van der Waals surface area contributed by atoms with Gasteiger partial charge in [0.25, 0.3) is 19.1 Å². The minimum absolute atomic E-state index is 0. The molecular formula is C92H105BBr4Cl9F4N2NaO31S3. The summed E-state index contributed by atoms with van der Waals surface area (Å²) < 4.78 is 170. The number of aliphatic carboxylic acids is 3. The number of aryl methyl sites for hydroxylation is 5. The average molecular weight is 2580 g/mol. The summed E-state index contributed by atoms with van der Waals surface area (Å²) in [6.07, 6.45) is 6.16. The van der Waals surface area contributed by atoms with Crippen molar-refractivity contribution in [2.24, 2.45) is 0 Å². The third-order valence-electron chi connectivity index (χ3n) is 15.5. The summed E-state index contributed by atoms with van der Waals surface area (Å²) in [6, 6.07) is 35.5. The first-order chi connectivity index (χ1) is 68.0. The molecule has 0 bridgehead atoms. The van der Waals surface area contributed by atoms with E-state index in [0.717, 1.165) is 75.3 Å². The fourth-order valence-electron chi connectivity index (χ4n) is 9.51. The number of nitrogen functional groups attached to an aromatic ring is 1. The number of carbonyl (C=O) groups is 8. The first-order valence-electron chi connectivity index (χ1n) is 41.6. The Balaban J connectivity index is -0.000000380. The van der Waals surface area contributed by atoms with Crippen LogP contribution in [-0.4, -0.2) is 176 Å². The van der Waals surface area contributed by atoms with E-state index in [-0.39, 0.29) is 144 Å². The van der Waals surface area contributed by atoms with Gasteiger partial charge in [0, 0.05) is 96.2 Å². The molecule has 0 atom stereocenters. The number of nitrogens with one attached hydrogen (secondary N) is 1. The number of rotatable bonds is 30. The molecule has 0 spiro atoms. The second kappa shape index (κ2) is 83.2. The molecule has 9 rings (SSSR count). The van der Waals surface area contributed by atoms with E-state index in [1.165, 1.54) is 37.3 Å². The summed E-state index contributed by atoms with van der Waals surface area (Å²) >= 11 is 53.0. The number of esters is 5. The molecule has 0 radical (unpaired) electrons. The van der Waals surface area contributed by atoms with Crippen molar-refractivity contribution in [1.82, 2.24) is 0 Å². The van der Waals surface area contributed by atoms with Gasteiger partial charge < -0.3 is 84.9 Å². The van der Waals surface area contributed by atoms with Gasteiger partial charge in [-0.1, -0.05) is 142 Å². The van der Waals surface area contributed by atoms with E-state index in [1.807, 2.05) is 22.9 Å². The van der Waals surface area contributed by atoms with Crippen LogP contribution < -0.4 is 54.2 Å². The molecule has 0 saturated heterocycles. The van der Waals surface area contributed by atoms with Crippen molar-refractivity contribution >= 4 is 263 Å². The van der Waals surface area contributed by atoms with Crippen molar-refractivity contribution in [3.05, 3.63) is 267 Å². The number of methoxy groups -OCH3 is 3. The van der Waals surface area contributed by atoms with E-state index in [1.54, 1.807) is 130 Å². The van der Waals surface area contributed by atoms with Crippen molar-refractivity contribution in [1.29, 1.82) is 0 Å². The van der Waals surface area contributed by atoms with Gasteiger partial charge in [0.2, 0.25) is 0 Å². The summed E-state index contributed by atoms with van der Waals surface area (Å²) in [4.78, 5) is 83.3. The summed E-state index contributed by atoms with van der Waals surface area (Å²) in [5.74, 6) is -6.96. The number of phenolic OH excluding ortho intramolecular Hbond substituents is 4. The standard InChI is InChI=1S/C15H12ClF2NO5S.C12H15ClO3.C12H13ClO3.C11H13ClO3.C9H8Cl2O5S.C9H9ClO3.C7H6BrClO.C6H5F2N.C5H8O2.C4H8O2.C2H6.BBr3.ClHO3S.Na.H2O/c16-12-3-8(1-2-14(20)21)4-13(15(12)22)25(23,24)19-11-6-9(17)5-10(18)7-11;2*1-3-16-12(14)7-5-9-4-6-11(15-2)10(13)8-9;1-2-15-11(14)6-4-8-3-5-10(13)9(12)7-8;10-6-3-5(1-2-8(12)13)4-7(9(6)14)17(11,15)16;10-7-5-6(1-3-8(7)11)2-4-9(12)13;1-10-7-3-2-5(8)4-6(7)9;7-4-1-5(8)3-6(9)2-4;1-3-5(6)7-4-2;1-3-6-4(2)5;1-2;2-1(3)4;1-5(2,3)4;;/h3-7,19,22H,1-2H2,(H,20,21);4,6,8H,3,5,7H2,1-2H3;4-8H,3H2,1-2H3;3,5,7,13H,2,4,6H2,1H3;3-4,14H,1-2H2,(H,12,13);1,3,5,11H,2,4H2,(H,12,13);2-4H,1H3;1-3H,9H2;3H,1,4H2,2H3;3H2,1-2H3;1-2H3;;(H,2,3,4);;1H2/q;;;;;;;;;;;;;+1;/p-1/b;;7-5+;;;;;;;;;;;;/i;;;;;;;;;;1D;;;;. The first kappa shape index (κ1) is 147. The van der Waals surface area contributed by atoms with Gasteiger partial charge in [-0.25, -0.2) is 44.0 Å². The van der Waals surface area contributed by atoms with Crippen molar-refractivity contribution in [2.75, 3.05) is 64.8 Å². The topological polar surface area (TPSA) is 543 Å². The molecule has 9 aromatic carbocycles. The predicted octanol–water partition coefficient (Wildman–Crippen LogP) is 21.5. The second-order valence-corrected chi connectivity index (χ2v) is 42.8. The van der Waals surface area contributed by atoms with Gasteiger partial charge >= 0.3 is 89.8 Å². The molecule has 0 aliphatic rings. The normalized spacial score (nSPS) is 9.97. The molecule has 0 heterocycles. The number of anilines is 2. The molecule has 9 aromatic rings. The van der Waals surface area contributed by atoms with E-state index < -0.39 is 90.9 Å².